The van der Waals surface area contributed by atoms with Crippen LogP contribution in [0, 0.1) is 10.1 Å². The van der Waals surface area contributed by atoms with E-state index in [2.05, 4.69) is 4.74 Å². The molecule has 1 aromatic rings. The number of hydrogen-bond donors (Lipinski definition) is 1. The van der Waals surface area contributed by atoms with Crippen molar-refractivity contribution in [1.82, 2.24) is 5.43 Å². The van der Waals surface area contributed by atoms with Crippen LogP contribution in [0.25, 0.3) is 0 Å². The highest BCUT2D eigenvalue weighted by Crippen LogP contribution is 2.04. The van der Waals surface area contributed by atoms with Gasteiger partial charge in [0.2, 0.25) is 0 Å². The third-order valence-corrected chi connectivity index (χ3v) is 2.03. The summed E-state index contributed by atoms with van der Waals surface area (Å²) in [6.07, 6.45) is 0.217. The number of esters is 1. The number of halogens is 1. The number of hydrogen-bond acceptors (Lipinski definition) is 4. The Labute approximate surface area is 104 Å². The van der Waals surface area contributed by atoms with Gasteiger partial charge in [-0.3, -0.25) is 0 Å². The molecular formula is C10H13ClN2O4. The normalized spacial score (nSPS) is 10.9. The van der Waals surface area contributed by atoms with Gasteiger partial charge in [0.25, 0.3) is 0 Å². The van der Waals surface area contributed by atoms with E-state index in [0.29, 0.717) is 0 Å². The van der Waals surface area contributed by atoms with Gasteiger partial charge in [-0.2, -0.15) is 0 Å². The standard InChI is InChI=1S/C10H12N2O4.ClH/c1-16-10(13)9(11-12(14)15)7-8-5-3-2-4-6-8;/h2-6,9,11H,7H2,1H3;1H/t9-;/m0./s1. The molecule has 0 fully saturated rings. The minimum absolute atomic E-state index is 0. The zero-order chi connectivity index (χ0) is 12.0. The van der Waals surface area contributed by atoms with Crippen LogP contribution >= 0.6 is 12.4 Å². The number of hydrazine groups is 1. The molecule has 0 bridgehead atoms. The highest BCUT2D eigenvalue weighted by atomic mass is 35.5. The Kier molecular flexibility index (Phi) is 6.65. The molecule has 0 spiro atoms. The lowest BCUT2D eigenvalue weighted by Gasteiger charge is -2.11. The smallest absolute Gasteiger partial charge is 0.334 e. The van der Waals surface area contributed by atoms with E-state index >= 15 is 0 Å². The number of nitro groups is 1. The number of ether oxygens (including phenoxy) is 1. The second-order valence-electron chi connectivity index (χ2n) is 3.15. The number of benzene rings is 1. The first-order chi connectivity index (χ1) is 7.63. The van der Waals surface area contributed by atoms with Gasteiger partial charge < -0.3 is 4.74 Å². The topological polar surface area (TPSA) is 81.5 Å². The number of nitrogens with zero attached hydrogens (tertiary/aromatic N) is 1. The molecule has 1 aromatic carbocycles. The highest BCUT2D eigenvalue weighted by molar-refractivity contribution is 5.85. The van der Waals surface area contributed by atoms with E-state index in [1.54, 1.807) is 24.3 Å². The third kappa shape index (κ3) is 5.17. The van der Waals surface area contributed by atoms with E-state index in [0.717, 1.165) is 5.56 Å². The van der Waals surface area contributed by atoms with Crippen LogP contribution in [0.15, 0.2) is 30.3 Å². The Hall–Kier alpha value is -1.82. The lowest BCUT2D eigenvalue weighted by Crippen LogP contribution is -2.42. The van der Waals surface area contributed by atoms with Crippen LogP contribution in [0.2, 0.25) is 0 Å². The second-order valence-corrected chi connectivity index (χ2v) is 3.15. The van der Waals surface area contributed by atoms with Crippen LogP contribution in [-0.2, 0) is 16.0 Å². The average molecular weight is 261 g/mol. The van der Waals surface area contributed by atoms with Crippen LogP contribution in [0.1, 0.15) is 5.56 Å². The largest absolute Gasteiger partial charge is 0.467 e. The molecule has 1 rings (SSSR count). The van der Waals surface area contributed by atoms with Crippen molar-refractivity contribution >= 4 is 18.4 Å². The summed E-state index contributed by atoms with van der Waals surface area (Å²) in [5.41, 5.74) is 2.75. The molecule has 0 aromatic heterocycles. The van der Waals surface area contributed by atoms with E-state index in [1.807, 2.05) is 11.5 Å². The van der Waals surface area contributed by atoms with Crippen molar-refractivity contribution < 1.29 is 14.6 Å². The number of carbonyl (C=O) groups excluding carboxylic acids is 1. The summed E-state index contributed by atoms with van der Waals surface area (Å²) in [6.45, 7) is 0. The second kappa shape index (κ2) is 7.45. The molecule has 0 aliphatic rings. The van der Waals surface area contributed by atoms with Crippen molar-refractivity contribution in [3.05, 3.63) is 46.0 Å². The predicted molar refractivity (Wildman–Crippen MR) is 63.3 cm³/mol. The molecule has 0 aliphatic carbocycles. The van der Waals surface area contributed by atoms with Gasteiger partial charge in [-0.15, -0.1) is 17.8 Å². The first kappa shape index (κ1) is 15.2. The molecule has 0 heterocycles. The Bertz CT molecular complexity index is 372. The molecule has 6 nitrogen and oxygen atoms in total. The molecule has 0 amide bonds. The lowest BCUT2D eigenvalue weighted by atomic mass is 10.1. The van der Waals surface area contributed by atoms with Crippen LogP contribution < -0.4 is 5.43 Å². The monoisotopic (exact) mass is 260 g/mol. The van der Waals surface area contributed by atoms with Gasteiger partial charge in [-0.25, -0.2) is 14.9 Å². The molecule has 7 heteroatoms. The van der Waals surface area contributed by atoms with Crippen molar-refractivity contribution in [2.24, 2.45) is 0 Å². The molecule has 0 aliphatic heterocycles. The van der Waals surface area contributed by atoms with Crippen LogP contribution in [0.5, 0.6) is 0 Å². The fourth-order valence-corrected chi connectivity index (χ4v) is 1.30. The minimum atomic E-state index is -0.970. The van der Waals surface area contributed by atoms with Crippen LogP contribution in [0.3, 0.4) is 0 Å². The van der Waals surface area contributed by atoms with E-state index in [4.69, 9.17) is 0 Å². The SMILES string of the molecule is COC(=O)[C@H](Cc1ccccc1)N[N+](=O)[O-].Cl. The summed E-state index contributed by atoms with van der Waals surface area (Å²) >= 11 is 0. The van der Waals surface area contributed by atoms with E-state index in [9.17, 15) is 14.9 Å². The Balaban J connectivity index is 0.00000256. The number of methoxy groups -OCH3 is 1. The van der Waals surface area contributed by atoms with Crippen molar-refractivity contribution in [1.29, 1.82) is 0 Å². The molecule has 1 N–H and O–H groups in total. The molecular weight excluding hydrogens is 248 g/mol. The van der Waals surface area contributed by atoms with Crippen molar-refractivity contribution in [3.8, 4) is 0 Å². The van der Waals surface area contributed by atoms with Crippen molar-refractivity contribution in [3.63, 3.8) is 0 Å². The third-order valence-electron chi connectivity index (χ3n) is 2.03. The molecule has 94 valence electrons. The van der Waals surface area contributed by atoms with Crippen molar-refractivity contribution in [2.75, 3.05) is 7.11 Å². The van der Waals surface area contributed by atoms with Crippen LogP contribution in [-0.4, -0.2) is 24.2 Å². The fraction of sp³-hybridized carbons (Fsp3) is 0.300. The number of carbonyl (C=O) groups is 1. The van der Waals surface area contributed by atoms with Gasteiger partial charge in [0.05, 0.1) is 7.11 Å². The fourth-order valence-electron chi connectivity index (χ4n) is 1.30. The molecule has 0 saturated carbocycles. The minimum Gasteiger partial charge on any atom is -0.467 e. The zero-order valence-corrected chi connectivity index (χ0v) is 9.98. The summed E-state index contributed by atoms with van der Waals surface area (Å²) in [6, 6.07) is 8.04. The van der Waals surface area contributed by atoms with Gasteiger partial charge in [0.15, 0.2) is 11.1 Å². The van der Waals surface area contributed by atoms with Crippen LogP contribution in [0.4, 0.5) is 0 Å². The zero-order valence-electron chi connectivity index (χ0n) is 9.16. The Morgan fingerprint density at radius 3 is 2.53 bits per heavy atom. The molecule has 1 atom stereocenters. The molecule has 0 unspecified atom stereocenters. The highest BCUT2D eigenvalue weighted by Gasteiger charge is 2.23. The van der Waals surface area contributed by atoms with E-state index < -0.39 is 17.0 Å². The number of nitrogens with one attached hydrogen (secondary N) is 1. The van der Waals surface area contributed by atoms with E-state index in [1.165, 1.54) is 7.11 Å². The lowest BCUT2D eigenvalue weighted by molar-refractivity contribution is -0.548. The number of rotatable bonds is 5. The average Bonchev–Trinajstić information content (AvgIpc) is 2.28. The predicted octanol–water partition coefficient (Wildman–Crippen LogP) is 0.974. The van der Waals surface area contributed by atoms with Crippen molar-refractivity contribution in [2.45, 2.75) is 12.5 Å². The van der Waals surface area contributed by atoms with Gasteiger partial charge >= 0.3 is 5.97 Å². The summed E-state index contributed by atoms with van der Waals surface area (Å²) in [5.74, 6) is -0.652. The van der Waals surface area contributed by atoms with Gasteiger partial charge in [-0.1, -0.05) is 30.3 Å². The van der Waals surface area contributed by atoms with Gasteiger partial charge in [0.1, 0.15) is 0 Å². The Morgan fingerprint density at radius 1 is 1.47 bits per heavy atom. The maximum Gasteiger partial charge on any atom is 0.334 e. The summed E-state index contributed by atoms with van der Waals surface area (Å²) in [4.78, 5) is 21.6. The summed E-state index contributed by atoms with van der Waals surface area (Å²) in [5, 5.41) is 9.56. The molecule has 17 heavy (non-hydrogen) atoms. The molecule has 0 saturated heterocycles. The molecule has 0 radical (unpaired) electrons. The van der Waals surface area contributed by atoms with Gasteiger partial charge in [-0.05, 0) is 5.56 Å². The first-order valence-electron chi connectivity index (χ1n) is 4.66. The first-order valence-corrected chi connectivity index (χ1v) is 4.66. The Morgan fingerprint density at radius 2 is 2.06 bits per heavy atom. The summed E-state index contributed by atoms with van der Waals surface area (Å²) in [7, 11) is 1.20. The maximum absolute atomic E-state index is 11.3. The maximum atomic E-state index is 11.3. The summed E-state index contributed by atoms with van der Waals surface area (Å²) < 4.78 is 4.48. The van der Waals surface area contributed by atoms with E-state index in [-0.39, 0.29) is 18.8 Å². The quantitative estimate of drug-likeness (QED) is 0.485. The van der Waals surface area contributed by atoms with Gasteiger partial charge in [0, 0.05) is 6.42 Å².